The largest absolute Gasteiger partial charge is 0.481 e. The van der Waals surface area contributed by atoms with Gasteiger partial charge in [-0.15, -0.1) is 0 Å². The van der Waals surface area contributed by atoms with Crippen molar-refractivity contribution >= 4 is 12.0 Å². The molecule has 0 aromatic carbocycles. The lowest BCUT2D eigenvalue weighted by Crippen LogP contribution is -2.44. The number of amides is 2. The molecule has 3 aliphatic carbocycles. The third-order valence-corrected chi connectivity index (χ3v) is 7.09. The van der Waals surface area contributed by atoms with Crippen molar-refractivity contribution in [2.45, 2.75) is 51.4 Å². The van der Waals surface area contributed by atoms with Gasteiger partial charge in [-0.2, -0.15) is 0 Å². The van der Waals surface area contributed by atoms with Crippen molar-refractivity contribution in [3.8, 4) is 0 Å². The summed E-state index contributed by atoms with van der Waals surface area (Å²) in [6.45, 7) is 1.80. The smallest absolute Gasteiger partial charge is 0.317 e. The summed E-state index contributed by atoms with van der Waals surface area (Å²) in [5.41, 5.74) is -0.318. The zero-order valence-electron chi connectivity index (χ0n) is 13.1. The lowest BCUT2D eigenvalue weighted by Gasteiger charge is -2.28. The average Bonchev–Trinajstić information content (AvgIpc) is 3.22. The van der Waals surface area contributed by atoms with Crippen molar-refractivity contribution in [3.63, 3.8) is 0 Å². The minimum absolute atomic E-state index is 0.0419. The number of carbonyl (C=O) groups is 2. The summed E-state index contributed by atoms with van der Waals surface area (Å²) in [6, 6.07) is -0.0419. The molecule has 5 nitrogen and oxygen atoms in total. The Bertz CT molecular complexity index is 498. The van der Waals surface area contributed by atoms with Gasteiger partial charge >= 0.3 is 12.0 Å². The molecule has 22 heavy (non-hydrogen) atoms. The molecule has 4 aliphatic rings. The SMILES string of the molecule is O=C(NCC12CCC(CC1)C2)N1C[C@@H]2CCC[C@@]2(C(=O)O)C1. The molecule has 2 N–H and O–H groups in total. The molecule has 0 spiro atoms. The number of carbonyl (C=O) groups excluding carboxylic acids is 1. The van der Waals surface area contributed by atoms with E-state index < -0.39 is 11.4 Å². The Hall–Kier alpha value is -1.26. The van der Waals surface area contributed by atoms with Crippen LogP contribution < -0.4 is 5.32 Å². The van der Waals surface area contributed by atoms with Crippen molar-refractivity contribution in [2.75, 3.05) is 19.6 Å². The van der Waals surface area contributed by atoms with Crippen LogP contribution in [0.25, 0.3) is 0 Å². The van der Waals surface area contributed by atoms with Gasteiger partial charge in [0.25, 0.3) is 0 Å². The highest BCUT2D eigenvalue weighted by molar-refractivity contribution is 5.80. The second kappa shape index (κ2) is 4.87. The van der Waals surface area contributed by atoms with Gasteiger partial charge in [0, 0.05) is 19.6 Å². The fourth-order valence-corrected chi connectivity index (χ4v) is 5.73. The predicted octanol–water partition coefficient (Wildman–Crippen LogP) is 2.46. The summed E-state index contributed by atoms with van der Waals surface area (Å²) < 4.78 is 0. The number of nitrogens with zero attached hydrogens (tertiary/aromatic N) is 1. The molecule has 2 bridgehead atoms. The van der Waals surface area contributed by atoms with Crippen LogP contribution >= 0.6 is 0 Å². The Morgan fingerprint density at radius 2 is 1.95 bits per heavy atom. The maximum atomic E-state index is 12.5. The van der Waals surface area contributed by atoms with Gasteiger partial charge in [-0.3, -0.25) is 4.79 Å². The zero-order chi connectivity index (χ0) is 15.4. The molecule has 2 amide bonds. The number of rotatable bonds is 3. The first-order chi connectivity index (χ1) is 10.5. The van der Waals surface area contributed by atoms with E-state index in [0.29, 0.717) is 18.5 Å². The number of fused-ring (bicyclic) bond motifs is 3. The number of urea groups is 1. The van der Waals surface area contributed by atoms with Gasteiger partial charge in [0.05, 0.1) is 5.41 Å². The summed E-state index contributed by atoms with van der Waals surface area (Å²) in [5.74, 6) is 0.327. The van der Waals surface area contributed by atoms with Crippen molar-refractivity contribution < 1.29 is 14.7 Å². The van der Waals surface area contributed by atoms with Gasteiger partial charge < -0.3 is 15.3 Å². The van der Waals surface area contributed by atoms with Crippen LogP contribution in [0, 0.1) is 22.7 Å². The molecule has 0 aromatic rings. The number of aliphatic carboxylic acids is 1. The van der Waals surface area contributed by atoms with Crippen LogP contribution in [0.3, 0.4) is 0 Å². The number of nitrogens with one attached hydrogen (secondary N) is 1. The summed E-state index contributed by atoms with van der Waals surface area (Å²) in [6.07, 6.45) is 9.07. The standard InChI is InChI=1S/C17H26N2O3/c20-14(21)17-5-1-2-13(17)9-19(11-17)15(22)18-10-16-6-3-12(8-16)4-7-16/h12-13H,1-11H2,(H,18,22)(H,20,21)/t12?,13-,16?,17+/m0/s1. The van der Waals surface area contributed by atoms with Crippen LogP contribution in [0.5, 0.6) is 0 Å². The maximum absolute atomic E-state index is 12.5. The number of carboxylic acid groups (broad SMARTS) is 1. The second-order valence-electron chi connectivity index (χ2n) is 8.24. The monoisotopic (exact) mass is 306 g/mol. The van der Waals surface area contributed by atoms with Gasteiger partial charge in [-0.05, 0) is 62.2 Å². The molecular weight excluding hydrogens is 280 g/mol. The normalized spacial score (nSPS) is 42.6. The molecule has 122 valence electrons. The highest BCUT2D eigenvalue weighted by Crippen LogP contribution is 2.53. The van der Waals surface area contributed by atoms with Crippen LogP contribution in [-0.2, 0) is 4.79 Å². The maximum Gasteiger partial charge on any atom is 0.317 e. The highest BCUT2D eigenvalue weighted by Gasteiger charge is 2.56. The molecule has 0 unspecified atom stereocenters. The molecule has 1 aliphatic heterocycles. The van der Waals surface area contributed by atoms with Crippen LogP contribution in [-0.4, -0.2) is 41.6 Å². The van der Waals surface area contributed by atoms with E-state index in [9.17, 15) is 14.7 Å². The Labute approximate surface area is 131 Å². The number of carboxylic acids is 1. The van der Waals surface area contributed by atoms with E-state index in [1.54, 1.807) is 4.90 Å². The van der Waals surface area contributed by atoms with Crippen molar-refractivity contribution in [1.82, 2.24) is 10.2 Å². The van der Waals surface area contributed by atoms with Crippen molar-refractivity contribution in [2.24, 2.45) is 22.7 Å². The zero-order valence-corrected chi connectivity index (χ0v) is 13.1. The van der Waals surface area contributed by atoms with E-state index in [4.69, 9.17) is 0 Å². The lowest BCUT2D eigenvalue weighted by molar-refractivity contribution is -0.149. The number of hydrogen-bond donors (Lipinski definition) is 2. The molecule has 4 fully saturated rings. The molecule has 0 aromatic heterocycles. The van der Waals surface area contributed by atoms with Gasteiger partial charge in [0.1, 0.15) is 0 Å². The van der Waals surface area contributed by atoms with E-state index >= 15 is 0 Å². The highest BCUT2D eigenvalue weighted by atomic mass is 16.4. The lowest BCUT2D eigenvalue weighted by atomic mass is 9.81. The molecule has 0 radical (unpaired) electrons. The van der Waals surface area contributed by atoms with E-state index in [1.807, 2.05) is 0 Å². The van der Waals surface area contributed by atoms with Gasteiger partial charge in [-0.1, -0.05) is 6.42 Å². The van der Waals surface area contributed by atoms with E-state index in [1.165, 1.54) is 32.1 Å². The van der Waals surface area contributed by atoms with Crippen LogP contribution in [0.1, 0.15) is 51.4 Å². The Kier molecular flexibility index (Phi) is 3.17. The third-order valence-electron chi connectivity index (χ3n) is 7.09. The van der Waals surface area contributed by atoms with E-state index in [-0.39, 0.29) is 11.9 Å². The number of likely N-dealkylation sites (tertiary alicyclic amines) is 1. The average molecular weight is 306 g/mol. The quantitative estimate of drug-likeness (QED) is 0.841. The van der Waals surface area contributed by atoms with Crippen molar-refractivity contribution in [3.05, 3.63) is 0 Å². The molecule has 4 rings (SSSR count). The fraction of sp³-hybridized carbons (Fsp3) is 0.882. The Balaban J connectivity index is 1.37. The van der Waals surface area contributed by atoms with E-state index in [2.05, 4.69) is 5.32 Å². The summed E-state index contributed by atoms with van der Waals surface area (Å²) in [4.78, 5) is 25.9. The van der Waals surface area contributed by atoms with Crippen LogP contribution in [0.15, 0.2) is 0 Å². The first kappa shape index (κ1) is 14.3. The van der Waals surface area contributed by atoms with Gasteiger partial charge in [0.2, 0.25) is 0 Å². The third kappa shape index (κ3) is 2.04. The molecule has 2 atom stereocenters. The van der Waals surface area contributed by atoms with Crippen LogP contribution in [0.4, 0.5) is 4.79 Å². The second-order valence-corrected chi connectivity index (χ2v) is 8.24. The molecular formula is C17H26N2O3. The predicted molar refractivity (Wildman–Crippen MR) is 81.4 cm³/mol. The summed E-state index contributed by atoms with van der Waals surface area (Å²) >= 11 is 0. The Morgan fingerprint density at radius 3 is 2.55 bits per heavy atom. The van der Waals surface area contributed by atoms with Gasteiger partial charge in [0.15, 0.2) is 0 Å². The molecule has 3 saturated carbocycles. The summed E-state index contributed by atoms with van der Waals surface area (Å²) in [5, 5.41) is 12.7. The molecule has 1 saturated heterocycles. The minimum Gasteiger partial charge on any atom is -0.481 e. The van der Waals surface area contributed by atoms with Gasteiger partial charge in [-0.25, -0.2) is 4.79 Å². The molecule has 5 heteroatoms. The van der Waals surface area contributed by atoms with E-state index in [0.717, 1.165) is 31.7 Å². The first-order valence-electron chi connectivity index (χ1n) is 8.79. The topological polar surface area (TPSA) is 69.6 Å². The summed E-state index contributed by atoms with van der Waals surface area (Å²) in [7, 11) is 0. The number of hydrogen-bond acceptors (Lipinski definition) is 2. The van der Waals surface area contributed by atoms with Crippen LogP contribution in [0.2, 0.25) is 0 Å². The fourth-order valence-electron chi connectivity index (χ4n) is 5.73. The first-order valence-corrected chi connectivity index (χ1v) is 8.79. The van der Waals surface area contributed by atoms with Crippen molar-refractivity contribution in [1.29, 1.82) is 0 Å². The minimum atomic E-state index is -0.710. The molecule has 1 heterocycles. The Morgan fingerprint density at radius 1 is 1.18 bits per heavy atom.